The van der Waals surface area contributed by atoms with Gasteiger partial charge in [-0.05, 0) is 42.0 Å². The highest BCUT2D eigenvalue weighted by molar-refractivity contribution is 6.42. The lowest BCUT2D eigenvalue weighted by molar-refractivity contribution is 0.403. The van der Waals surface area contributed by atoms with E-state index in [9.17, 15) is 5.11 Å². The van der Waals surface area contributed by atoms with Crippen LogP contribution in [0.25, 0.3) is 0 Å². The Morgan fingerprint density at radius 3 is 2.33 bits per heavy atom. The first-order chi connectivity index (χ1) is 8.56. The minimum absolute atomic E-state index is 0.165. The van der Waals surface area contributed by atoms with Crippen LogP contribution in [0.15, 0.2) is 41.4 Å². The van der Waals surface area contributed by atoms with Gasteiger partial charge in [0, 0.05) is 6.21 Å². The number of benzene rings is 2. The minimum Gasteiger partial charge on any atom is -0.504 e. The zero-order chi connectivity index (χ0) is 13.1. The lowest BCUT2D eigenvalue weighted by Gasteiger charge is -1.99. The second-order valence-electron chi connectivity index (χ2n) is 3.60. The van der Waals surface area contributed by atoms with Gasteiger partial charge in [0.2, 0.25) is 0 Å². The second-order valence-corrected chi connectivity index (χ2v) is 4.42. The Hall–Kier alpha value is -1.71. The van der Waals surface area contributed by atoms with Crippen LogP contribution in [-0.4, -0.2) is 16.4 Å². The first kappa shape index (κ1) is 12.7. The number of aliphatic imine (C=N–C) groups is 1. The molecule has 0 heterocycles. The Kier molecular flexibility index (Phi) is 3.75. The summed E-state index contributed by atoms with van der Waals surface area (Å²) in [6.07, 6.45) is 1.55. The first-order valence-electron chi connectivity index (χ1n) is 5.07. The van der Waals surface area contributed by atoms with Crippen LogP contribution in [0, 0.1) is 0 Å². The Labute approximate surface area is 114 Å². The Morgan fingerprint density at radius 1 is 0.889 bits per heavy atom. The van der Waals surface area contributed by atoms with E-state index < -0.39 is 0 Å². The molecular formula is C13H9Cl2NO2. The summed E-state index contributed by atoms with van der Waals surface area (Å²) in [6, 6.07) is 9.47. The van der Waals surface area contributed by atoms with Crippen LogP contribution >= 0.6 is 23.2 Å². The van der Waals surface area contributed by atoms with E-state index in [0.29, 0.717) is 21.3 Å². The highest BCUT2D eigenvalue weighted by Crippen LogP contribution is 2.27. The van der Waals surface area contributed by atoms with Crippen molar-refractivity contribution in [3.63, 3.8) is 0 Å². The van der Waals surface area contributed by atoms with E-state index in [-0.39, 0.29) is 11.5 Å². The summed E-state index contributed by atoms with van der Waals surface area (Å²) in [5, 5.41) is 19.4. The zero-order valence-corrected chi connectivity index (χ0v) is 10.7. The molecule has 3 nitrogen and oxygen atoms in total. The minimum atomic E-state index is -0.187. The molecule has 2 N–H and O–H groups in total. The number of halogens is 2. The van der Waals surface area contributed by atoms with Gasteiger partial charge in [-0.25, -0.2) is 0 Å². The second kappa shape index (κ2) is 5.29. The predicted octanol–water partition coefficient (Wildman–Crippen LogP) is 4.16. The molecule has 0 saturated carbocycles. The van der Waals surface area contributed by atoms with Crippen LogP contribution in [0.5, 0.6) is 11.5 Å². The lowest BCUT2D eigenvalue weighted by Crippen LogP contribution is -1.80. The van der Waals surface area contributed by atoms with Gasteiger partial charge in [0.25, 0.3) is 0 Å². The molecule has 0 saturated heterocycles. The van der Waals surface area contributed by atoms with Crippen molar-refractivity contribution in [2.24, 2.45) is 4.99 Å². The van der Waals surface area contributed by atoms with Crippen molar-refractivity contribution in [2.45, 2.75) is 0 Å². The number of rotatable bonds is 2. The summed E-state index contributed by atoms with van der Waals surface area (Å²) < 4.78 is 0. The maximum atomic E-state index is 9.33. The van der Waals surface area contributed by atoms with E-state index in [1.807, 2.05) is 0 Å². The molecule has 92 valence electrons. The van der Waals surface area contributed by atoms with Gasteiger partial charge >= 0.3 is 0 Å². The molecule has 2 rings (SSSR count). The van der Waals surface area contributed by atoms with Crippen LogP contribution in [0.3, 0.4) is 0 Å². The van der Waals surface area contributed by atoms with Crippen molar-refractivity contribution in [1.82, 2.24) is 0 Å². The Balaban J connectivity index is 2.24. The molecule has 0 unspecified atom stereocenters. The van der Waals surface area contributed by atoms with Gasteiger partial charge in [0.1, 0.15) is 0 Å². The maximum Gasteiger partial charge on any atom is 0.158 e. The number of hydrogen-bond acceptors (Lipinski definition) is 3. The predicted molar refractivity (Wildman–Crippen MR) is 73.5 cm³/mol. The molecule has 2 aromatic rings. The van der Waals surface area contributed by atoms with Gasteiger partial charge in [-0.15, -0.1) is 0 Å². The van der Waals surface area contributed by atoms with Crippen molar-refractivity contribution < 1.29 is 10.2 Å². The molecule has 18 heavy (non-hydrogen) atoms. The summed E-state index contributed by atoms with van der Waals surface area (Å²) >= 11 is 11.7. The van der Waals surface area contributed by atoms with Crippen LogP contribution < -0.4 is 0 Å². The fourth-order valence-electron chi connectivity index (χ4n) is 1.34. The molecule has 0 aromatic heterocycles. The first-order valence-corrected chi connectivity index (χ1v) is 5.83. The third-order valence-electron chi connectivity index (χ3n) is 2.27. The van der Waals surface area contributed by atoms with Crippen LogP contribution in [-0.2, 0) is 0 Å². The number of nitrogens with zero attached hydrogens (tertiary/aromatic N) is 1. The van der Waals surface area contributed by atoms with E-state index in [1.54, 1.807) is 30.5 Å². The largest absolute Gasteiger partial charge is 0.504 e. The summed E-state index contributed by atoms with van der Waals surface area (Å²) in [7, 11) is 0. The van der Waals surface area contributed by atoms with E-state index in [4.69, 9.17) is 28.3 Å². The molecule has 0 aliphatic rings. The van der Waals surface area contributed by atoms with Crippen molar-refractivity contribution in [2.75, 3.05) is 0 Å². The van der Waals surface area contributed by atoms with E-state index in [2.05, 4.69) is 4.99 Å². The summed E-state index contributed by atoms with van der Waals surface area (Å²) in [4.78, 5) is 4.19. The highest BCUT2D eigenvalue weighted by atomic mass is 35.5. The SMILES string of the molecule is Oc1ccc(C=Nc2ccc(Cl)c(Cl)c2)cc1O. The quantitative estimate of drug-likeness (QED) is 0.642. The monoisotopic (exact) mass is 281 g/mol. The summed E-state index contributed by atoms with van der Waals surface area (Å²) in [6.45, 7) is 0. The molecule has 0 radical (unpaired) electrons. The molecule has 2 aromatic carbocycles. The number of aromatic hydroxyl groups is 2. The Morgan fingerprint density at radius 2 is 1.67 bits per heavy atom. The van der Waals surface area contributed by atoms with E-state index >= 15 is 0 Å². The van der Waals surface area contributed by atoms with Crippen molar-refractivity contribution in [1.29, 1.82) is 0 Å². The standard InChI is InChI=1S/C13H9Cl2NO2/c14-10-3-2-9(6-11(10)15)16-7-8-1-4-12(17)13(18)5-8/h1-7,17-18H. The zero-order valence-electron chi connectivity index (χ0n) is 9.14. The van der Waals surface area contributed by atoms with Gasteiger partial charge < -0.3 is 10.2 Å². The maximum absolute atomic E-state index is 9.33. The van der Waals surface area contributed by atoms with Crippen molar-refractivity contribution in [3.8, 4) is 11.5 Å². The Bertz CT molecular complexity index is 558. The van der Waals surface area contributed by atoms with E-state index in [1.165, 1.54) is 12.1 Å². The molecule has 0 aliphatic heterocycles. The molecule has 0 fully saturated rings. The number of hydrogen-bond donors (Lipinski definition) is 2. The normalized spacial score (nSPS) is 11.0. The molecule has 5 heteroatoms. The summed E-state index contributed by atoms with van der Waals surface area (Å²) in [5.74, 6) is -0.352. The van der Waals surface area contributed by atoms with Gasteiger partial charge in [0.05, 0.1) is 15.7 Å². The van der Waals surface area contributed by atoms with Crippen molar-refractivity contribution >= 4 is 35.1 Å². The topological polar surface area (TPSA) is 52.8 Å². The molecule has 0 aliphatic carbocycles. The third-order valence-corrected chi connectivity index (χ3v) is 3.00. The average molecular weight is 282 g/mol. The van der Waals surface area contributed by atoms with Gasteiger partial charge in [0.15, 0.2) is 11.5 Å². The highest BCUT2D eigenvalue weighted by Gasteiger charge is 2.00. The molecule has 0 amide bonds. The average Bonchev–Trinajstić information content (AvgIpc) is 2.35. The summed E-state index contributed by atoms with van der Waals surface area (Å²) in [5.41, 5.74) is 1.31. The van der Waals surface area contributed by atoms with Gasteiger partial charge in [-0.2, -0.15) is 0 Å². The smallest absolute Gasteiger partial charge is 0.158 e. The van der Waals surface area contributed by atoms with Crippen molar-refractivity contribution in [3.05, 3.63) is 52.0 Å². The lowest BCUT2D eigenvalue weighted by atomic mass is 10.2. The van der Waals surface area contributed by atoms with Gasteiger partial charge in [-0.1, -0.05) is 23.2 Å². The molecule has 0 spiro atoms. The number of phenolic OH excluding ortho intramolecular Hbond substituents is 2. The fourth-order valence-corrected chi connectivity index (χ4v) is 1.63. The molecule has 0 bridgehead atoms. The molecule has 0 atom stereocenters. The molecular weight excluding hydrogens is 273 g/mol. The fraction of sp³-hybridized carbons (Fsp3) is 0. The van der Waals surface area contributed by atoms with E-state index in [0.717, 1.165) is 0 Å². The number of phenols is 2. The van der Waals surface area contributed by atoms with Gasteiger partial charge in [-0.3, -0.25) is 4.99 Å². The van der Waals surface area contributed by atoms with Crippen LogP contribution in [0.4, 0.5) is 5.69 Å². The van der Waals surface area contributed by atoms with Crippen LogP contribution in [0.1, 0.15) is 5.56 Å². The third kappa shape index (κ3) is 2.94. The van der Waals surface area contributed by atoms with Crippen LogP contribution in [0.2, 0.25) is 10.0 Å².